The summed E-state index contributed by atoms with van der Waals surface area (Å²) in [4.78, 5) is 42.1. The van der Waals surface area contributed by atoms with Crippen LogP contribution in [0.25, 0.3) is 0 Å². The molecule has 3 aliphatic heterocycles. The molecule has 3 saturated heterocycles. The highest BCUT2D eigenvalue weighted by Crippen LogP contribution is 2.64. The molecule has 0 aromatic heterocycles. The summed E-state index contributed by atoms with van der Waals surface area (Å²) in [6.07, 6.45) is 5.51. The minimum Gasteiger partial charge on any atom is -0.394 e. The van der Waals surface area contributed by atoms with Gasteiger partial charge in [-0.15, -0.1) is 0 Å². The van der Waals surface area contributed by atoms with Crippen molar-refractivity contribution in [3.8, 4) is 0 Å². The van der Waals surface area contributed by atoms with E-state index in [2.05, 4.69) is 17.6 Å². The molecular weight excluding hydrogens is 410 g/mol. The van der Waals surface area contributed by atoms with Gasteiger partial charge in [-0.1, -0.05) is 47.0 Å². The minimum atomic E-state index is -1.03. The van der Waals surface area contributed by atoms with Crippen molar-refractivity contribution < 1.29 is 24.2 Å². The fourth-order valence-electron chi connectivity index (χ4n) is 6.36. The van der Waals surface area contributed by atoms with E-state index in [1.54, 1.807) is 11.9 Å². The Morgan fingerprint density at radius 3 is 2.50 bits per heavy atom. The average molecular weight is 452 g/mol. The molecule has 2 unspecified atom stereocenters. The molecule has 0 saturated carbocycles. The topological polar surface area (TPSA) is 108 Å². The quantitative estimate of drug-likeness (QED) is 0.414. The molecule has 7 atom stereocenters. The van der Waals surface area contributed by atoms with Crippen LogP contribution in [0, 0.1) is 17.8 Å². The smallest absolute Gasteiger partial charge is 0.245 e. The second-order valence-electron chi connectivity index (χ2n) is 9.83. The molecule has 8 heteroatoms. The van der Waals surface area contributed by atoms with E-state index in [4.69, 9.17) is 4.74 Å². The molecule has 2 bridgehead atoms. The van der Waals surface area contributed by atoms with E-state index in [9.17, 15) is 19.5 Å². The molecule has 182 valence electrons. The number of rotatable bonds is 11. The summed E-state index contributed by atoms with van der Waals surface area (Å²) >= 11 is 0. The maximum Gasteiger partial charge on any atom is 0.245 e. The number of carbonyl (C=O) groups is 3. The summed E-state index contributed by atoms with van der Waals surface area (Å²) in [7, 11) is 1.58. The van der Waals surface area contributed by atoms with Crippen LogP contribution in [-0.4, -0.2) is 71.2 Å². The number of nitrogens with one attached hydrogen (secondary N) is 2. The molecule has 8 nitrogen and oxygen atoms in total. The van der Waals surface area contributed by atoms with Gasteiger partial charge in [0, 0.05) is 13.6 Å². The predicted molar refractivity (Wildman–Crippen MR) is 121 cm³/mol. The molecule has 3 rings (SSSR count). The number of aliphatic hydroxyl groups is 1. The van der Waals surface area contributed by atoms with E-state index in [-0.39, 0.29) is 30.2 Å². The number of carbonyl (C=O) groups excluding carboxylic acids is 3. The number of aliphatic hydroxyl groups excluding tert-OH is 1. The van der Waals surface area contributed by atoms with Crippen molar-refractivity contribution in [3.05, 3.63) is 0 Å². The van der Waals surface area contributed by atoms with Crippen LogP contribution in [0.15, 0.2) is 0 Å². The number of hydrogen-bond acceptors (Lipinski definition) is 5. The lowest BCUT2D eigenvalue weighted by Crippen LogP contribution is -2.59. The molecule has 32 heavy (non-hydrogen) atoms. The molecule has 0 aromatic carbocycles. The molecule has 3 fully saturated rings. The fraction of sp³-hybridized carbons (Fsp3) is 0.875. The first kappa shape index (κ1) is 25.0. The monoisotopic (exact) mass is 451 g/mol. The molecular formula is C24H41N3O5. The molecule has 3 heterocycles. The molecule has 0 aromatic rings. The fourth-order valence-corrected chi connectivity index (χ4v) is 6.36. The van der Waals surface area contributed by atoms with Crippen molar-refractivity contribution >= 4 is 17.7 Å². The van der Waals surface area contributed by atoms with Crippen LogP contribution in [0.2, 0.25) is 0 Å². The lowest BCUT2D eigenvalue weighted by atomic mass is 9.65. The Bertz CT molecular complexity index is 730. The van der Waals surface area contributed by atoms with Gasteiger partial charge in [0.1, 0.15) is 11.6 Å². The van der Waals surface area contributed by atoms with Crippen molar-refractivity contribution in [3.63, 3.8) is 0 Å². The molecule has 3 N–H and O–H groups in total. The summed E-state index contributed by atoms with van der Waals surface area (Å²) in [5, 5.41) is 16.0. The normalized spacial score (nSPS) is 35.0. The Hall–Kier alpha value is -1.67. The van der Waals surface area contributed by atoms with Gasteiger partial charge in [-0.25, -0.2) is 0 Å². The zero-order chi connectivity index (χ0) is 23.7. The lowest BCUT2D eigenvalue weighted by molar-refractivity contribution is -0.152. The molecule has 0 radical (unpaired) electrons. The van der Waals surface area contributed by atoms with Gasteiger partial charge >= 0.3 is 0 Å². The first-order valence-corrected chi connectivity index (χ1v) is 12.4. The average Bonchev–Trinajstić information content (AvgIpc) is 3.40. The number of hydrogen-bond donors (Lipinski definition) is 3. The van der Waals surface area contributed by atoms with Crippen LogP contribution in [0.3, 0.4) is 0 Å². The van der Waals surface area contributed by atoms with Crippen molar-refractivity contribution in [1.29, 1.82) is 0 Å². The van der Waals surface area contributed by atoms with Gasteiger partial charge in [0.15, 0.2) is 0 Å². The number of ether oxygens (including phenoxy) is 1. The van der Waals surface area contributed by atoms with Gasteiger partial charge < -0.3 is 25.4 Å². The number of likely N-dealkylation sites (tertiary alicyclic amines) is 1. The van der Waals surface area contributed by atoms with Crippen LogP contribution in [-0.2, 0) is 19.1 Å². The number of fused-ring (bicyclic) bond motifs is 1. The highest BCUT2D eigenvalue weighted by atomic mass is 16.5. The van der Waals surface area contributed by atoms with E-state index in [1.807, 2.05) is 20.8 Å². The molecule has 1 spiro atoms. The highest BCUT2D eigenvalue weighted by Gasteiger charge is 2.79. The zero-order valence-electron chi connectivity index (χ0n) is 20.3. The third-order valence-electron chi connectivity index (χ3n) is 8.32. The van der Waals surface area contributed by atoms with Crippen LogP contribution >= 0.6 is 0 Å². The summed E-state index contributed by atoms with van der Waals surface area (Å²) in [6, 6.07) is -1.33. The molecule has 3 amide bonds. The summed E-state index contributed by atoms with van der Waals surface area (Å²) < 4.78 is 6.66. The summed E-state index contributed by atoms with van der Waals surface area (Å²) in [5.41, 5.74) is -1.75. The third kappa shape index (κ3) is 3.63. The van der Waals surface area contributed by atoms with Crippen LogP contribution < -0.4 is 10.6 Å². The zero-order valence-corrected chi connectivity index (χ0v) is 20.3. The second kappa shape index (κ2) is 9.67. The third-order valence-corrected chi connectivity index (χ3v) is 8.32. The van der Waals surface area contributed by atoms with Gasteiger partial charge in [0.25, 0.3) is 0 Å². The summed E-state index contributed by atoms with van der Waals surface area (Å²) in [5.74, 6) is -2.01. The second-order valence-corrected chi connectivity index (χ2v) is 9.83. The van der Waals surface area contributed by atoms with Crippen LogP contribution in [0.1, 0.15) is 72.6 Å². The highest BCUT2D eigenvalue weighted by molar-refractivity contribution is 5.99. The lowest BCUT2D eigenvalue weighted by Gasteiger charge is -2.39. The first-order chi connectivity index (χ1) is 15.3. The van der Waals surface area contributed by atoms with Crippen LogP contribution in [0.4, 0.5) is 0 Å². The van der Waals surface area contributed by atoms with Gasteiger partial charge in [0.2, 0.25) is 17.7 Å². The SMILES string of the molecule is CCCCCNC(=O)C1N([C@@H](CO)[C@@H](C)CC)C(=O)[C@@H]2[C@H](C(=O)NC)[C@]3(CC)CCC12O3. The predicted octanol–water partition coefficient (Wildman–Crippen LogP) is 1.60. The summed E-state index contributed by atoms with van der Waals surface area (Å²) in [6.45, 7) is 8.39. The van der Waals surface area contributed by atoms with Gasteiger partial charge in [0.05, 0.1) is 30.1 Å². The van der Waals surface area contributed by atoms with Crippen LogP contribution in [0.5, 0.6) is 0 Å². The van der Waals surface area contributed by atoms with E-state index >= 15 is 0 Å². The largest absolute Gasteiger partial charge is 0.394 e. The Kier molecular flexibility index (Phi) is 7.55. The van der Waals surface area contributed by atoms with Crippen molar-refractivity contribution in [2.75, 3.05) is 20.2 Å². The molecule has 0 aliphatic carbocycles. The van der Waals surface area contributed by atoms with Gasteiger partial charge in [-0.3, -0.25) is 14.4 Å². The Labute approximate surface area is 191 Å². The Morgan fingerprint density at radius 1 is 1.22 bits per heavy atom. The maximum absolute atomic E-state index is 13.9. The van der Waals surface area contributed by atoms with E-state index in [1.165, 1.54) is 0 Å². The minimum absolute atomic E-state index is 0.00496. The van der Waals surface area contributed by atoms with Crippen molar-refractivity contribution in [2.45, 2.75) is 95.9 Å². The van der Waals surface area contributed by atoms with Gasteiger partial charge in [-0.2, -0.15) is 0 Å². The Morgan fingerprint density at radius 2 is 1.94 bits per heavy atom. The van der Waals surface area contributed by atoms with Crippen molar-refractivity contribution in [2.24, 2.45) is 17.8 Å². The maximum atomic E-state index is 13.9. The van der Waals surface area contributed by atoms with E-state index in [0.717, 1.165) is 25.7 Å². The standard InChI is InChI=1S/C24H41N3O5/c1-6-9-10-13-26-21(30)19-24-12-11-23(8-3,32-24)17(20(29)25-5)18(24)22(31)27(19)16(14-28)15(4)7-2/h15-19,28H,6-14H2,1-5H3,(H,25,29)(H,26,30)/t15-,16-,17+,18-,19?,23-,24?/m0/s1. The van der Waals surface area contributed by atoms with E-state index in [0.29, 0.717) is 25.8 Å². The first-order valence-electron chi connectivity index (χ1n) is 12.4. The number of unbranched alkanes of at least 4 members (excludes halogenated alkanes) is 2. The molecule has 3 aliphatic rings. The number of amides is 3. The van der Waals surface area contributed by atoms with E-state index < -0.39 is 35.1 Å². The van der Waals surface area contributed by atoms with Crippen molar-refractivity contribution in [1.82, 2.24) is 15.5 Å². The van der Waals surface area contributed by atoms with Gasteiger partial charge in [-0.05, 0) is 31.6 Å². The number of nitrogens with zero attached hydrogens (tertiary/aromatic N) is 1. The Balaban J connectivity index is 2.05.